The van der Waals surface area contributed by atoms with Crippen molar-refractivity contribution in [2.45, 2.75) is 6.04 Å². The fourth-order valence-corrected chi connectivity index (χ4v) is 3.56. The van der Waals surface area contributed by atoms with Crippen LogP contribution in [0.25, 0.3) is 5.70 Å². The molecule has 0 bridgehead atoms. The van der Waals surface area contributed by atoms with Gasteiger partial charge in [0.25, 0.3) is 0 Å². The summed E-state index contributed by atoms with van der Waals surface area (Å²) < 4.78 is 22.1. The maximum Gasteiger partial charge on any atom is 0.226 e. The molecule has 2 aromatic carbocycles. The number of rotatable bonds is 1. The summed E-state index contributed by atoms with van der Waals surface area (Å²) in [6.45, 7) is 0.329. The highest BCUT2D eigenvalue weighted by molar-refractivity contribution is 6.30. The molecule has 3 aromatic rings. The predicted molar refractivity (Wildman–Crippen MR) is 92.1 cm³/mol. The van der Waals surface area contributed by atoms with Crippen LogP contribution in [0.5, 0.6) is 5.75 Å². The number of halogens is 2. The van der Waals surface area contributed by atoms with Crippen molar-refractivity contribution >= 4 is 23.2 Å². The van der Waals surface area contributed by atoms with Crippen LogP contribution in [0.2, 0.25) is 5.02 Å². The summed E-state index contributed by atoms with van der Waals surface area (Å²) in [5.41, 5.74) is 3.09. The van der Waals surface area contributed by atoms with Crippen molar-refractivity contribution in [3.8, 4) is 5.75 Å². The van der Waals surface area contributed by atoms with Crippen LogP contribution in [0.3, 0.4) is 0 Å². The van der Waals surface area contributed by atoms with Crippen molar-refractivity contribution < 1.29 is 9.13 Å². The van der Waals surface area contributed by atoms with Gasteiger partial charge >= 0.3 is 0 Å². The van der Waals surface area contributed by atoms with Crippen LogP contribution in [0.4, 0.5) is 10.3 Å². The molecule has 0 radical (unpaired) electrons. The van der Waals surface area contributed by atoms with E-state index in [1.165, 1.54) is 12.4 Å². The number of fused-ring (bicyclic) bond motifs is 3. The van der Waals surface area contributed by atoms with Crippen LogP contribution in [0.15, 0.2) is 54.4 Å². The van der Waals surface area contributed by atoms with Gasteiger partial charge in [-0.1, -0.05) is 29.8 Å². The van der Waals surface area contributed by atoms with Gasteiger partial charge < -0.3 is 10.1 Å². The van der Waals surface area contributed by atoms with Gasteiger partial charge in [0.2, 0.25) is 5.95 Å². The molecule has 0 saturated carbocycles. The normalized spacial score (nSPS) is 17.9. The van der Waals surface area contributed by atoms with Crippen LogP contribution >= 0.6 is 11.6 Å². The quantitative estimate of drug-likeness (QED) is 0.720. The lowest BCUT2D eigenvalue weighted by atomic mass is 9.91. The highest BCUT2D eigenvalue weighted by Crippen LogP contribution is 2.44. The number of anilines is 1. The molecule has 124 valence electrons. The summed E-state index contributed by atoms with van der Waals surface area (Å²) in [6, 6.07) is 11.7. The summed E-state index contributed by atoms with van der Waals surface area (Å²) in [4.78, 5) is 4.26. The van der Waals surface area contributed by atoms with Gasteiger partial charge in [0.1, 0.15) is 30.5 Å². The van der Waals surface area contributed by atoms with Gasteiger partial charge in [-0.15, -0.1) is 0 Å². The molecule has 0 spiro atoms. The van der Waals surface area contributed by atoms with Crippen LogP contribution in [0.1, 0.15) is 17.2 Å². The number of ether oxygens (including phenoxy) is 1. The van der Waals surface area contributed by atoms with Crippen molar-refractivity contribution in [1.82, 2.24) is 14.8 Å². The molecule has 0 fully saturated rings. The summed E-state index contributed by atoms with van der Waals surface area (Å²) in [5.74, 6) is 0.996. The number of benzene rings is 2. The Morgan fingerprint density at radius 3 is 3.00 bits per heavy atom. The zero-order valence-electron chi connectivity index (χ0n) is 12.9. The predicted octanol–water partition coefficient (Wildman–Crippen LogP) is 3.89. The van der Waals surface area contributed by atoms with Gasteiger partial charge in [0.05, 0.1) is 5.70 Å². The molecular formula is C18H12ClFN4O. The first-order valence-corrected chi connectivity index (χ1v) is 8.17. The summed E-state index contributed by atoms with van der Waals surface area (Å²) >= 11 is 6.17. The molecule has 25 heavy (non-hydrogen) atoms. The van der Waals surface area contributed by atoms with Crippen LogP contribution < -0.4 is 10.1 Å². The molecule has 5 rings (SSSR count). The largest absolute Gasteiger partial charge is 0.488 e. The Hall–Kier alpha value is -2.86. The summed E-state index contributed by atoms with van der Waals surface area (Å²) in [6.07, 6.45) is 1.45. The second-order valence-electron chi connectivity index (χ2n) is 5.91. The molecule has 5 nitrogen and oxygen atoms in total. The molecule has 1 atom stereocenters. The Morgan fingerprint density at radius 2 is 2.12 bits per heavy atom. The molecule has 0 aliphatic carbocycles. The maximum absolute atomic E-state index is 14.5. The standard InChI is InChI=1S/C18H12ClFN4O/c19-10-5-6-15-12(7-10)16-13(8-25-15)17(11-3-1-2-4-14(11)20)24-18(23-16)21-9-22-24/h1-7,9,17H,8H2,(H,21,22,23)/t17-/m0/s1. The zero-order valence-corrected chi connectivity index (χ0v) is 13.7. The first-order valence-electron chi connectivity index (χ1n) is 7.79. The third kappa shape index (κ3) is 2.14. The molecule has 1 aromatic heterocycles. The van der Waals surface area contributed by atoms with Crippen molar-refractivity contribution in [1.29, 1.82) is 0 Å². The minimum atomic E-state index is -0.429. The van der Waals surface area contributed by atoms with Gasteiger partial charge in [0.15, 0.2) is 0 Å². The minimum absolute atomic E-state index is 0.292. The third-order valence-electron chi connectivity index (χ3n) is 4.50. The van der Waals surface area contributed by atoms with E-state index in [4.69, 9.17) is 16.3 Å². The van der Waals surface area contributed by atoms with Gasteiger partial charge in [-0.3, -0.25) is 0 Å². The molecule has 2 aliphatic heterocycles. The average molecular weight is 355 g/mol. The third-order valence-corrected chi connectivity index (χ3v) is 4.73. The lowest BCUT2D eigenvalue weighted by Crippen LogP contribution is -2.30. The number of hydrogen-bond acceptors (Lipinski definition) is 4. The maximum atomic E-state index is 14.5. The highest BCUT2D eigenvalue weighted by atomic mass is 35.5. The van der Waals surface area contributed by atoms with E-state index in [1.807, 2.05) is 18.2 Å². The average Bonchev–Trinajstić information content (AvgIpc) is 3.08. The van der Waals surface area contributed by atoms with Gasteiger partial charge in [-0.2, -0.15) is 10.1 Å². The summed E-state index contributed by atoms with van der Waals surface area (Å²) in [5, 5.41) is 8.17. The second kappa shape index (κ2) is 5.32. The fraction of sp³-hybridized carbons (Fsp3) is 0.111. The molecule has 0 unspecified atom stereocenters. The van der Waals surface area contributed by atoms with Gasteiger partial charge in [0, 0.05) is 21.7 Å². The van der Waals surface area contributed by atoms with Crippen molar-refractivity contribution in [3.63, 3.8) is 0 Å². The van der Waals surface area contributed by atoms with E-state index in [2.05, 4.69) is 15.4 Å². The SMILES string of the molecule is Fc1ccccc1[C@H]1C2=C(Nc3ncnn31)c1cc(Cl)ccc1OC2. The minimum Gasteiger partial charge on any atom is -0.488 e. The smallest absolute Gasteiger partial charge is 0.226 e. The topological polar surface area (TPSA) is 52.0 Å². The van der Waals surface area contributed by atoms with E-state index >= 15 is 0 Å². The molecule has 0 saturated heterocycles. The van der Waals surface area contributed by atoms with Crippen molar-refractivity contribution in [2.24, 2.45) is 0 Å². The van der Waals surface area contributed by atoms with E-state index in [0.29, 0.717) is 23.1 Å². The molecular weight excluding hydrogens is 343 g/mol. The zero-order chi connectivity index (χ0) is 17.0. The Bertz CT molecular complexity index is 1030. The van der Waals surface area contributed by atoms with Crippen LogP contribution in [-0.4, -0.2) is 21.4 Å². The highest BCUT2D eigenvalue weighted by Gasteiger charge is 2.36. The lowest BCUT2D eigenvalue weighted by Gasteiger charge is -2.34. The molecule has 2 aliphatic rings. The van der Waals surface area contributed by atoms with E-state index in [0.717, 1.165) is 22.6 Å². The summed E-state index contributed by atoms with van der Waals surface area (Å²) in [7, 11) is 0. The van der Waals surface area contributed by atoms with Crippen LogP contribution in [-0.2, 0) is 0 Å². The number of hydrogen-bond donors (Lipinski definition) is 1. The molecule has 0 amide bonds. The first-order chi connectivity index (χ1) is 12.2. The Morgan fingerprint density at radius 1 is 1.24 bits per heavy atom. The van der Waals surface area contributed by atoms with E-state index in [9.17, 15) is 4.39 Å². The van der Waals surface area contributed by atoms with E-state index in [1.54, 1.807) is 22.9 Å². The van der Waals surface area contributed by atoms with E-state index in [-0.39, 0.29) is 5.82 Å². The van der Waals surface area contributed by atoms with Crippen molar-refractivity contribution in [2.75, 3.05) is 11.9 Å². The monoisotopic (exact) mass is 354 g/mol. The first kappa shape index (κ1) is 14.5. The van der Waals surface area contributed by atoms with Crippen LogP contribution in [0, 0.1) is 5.82 Å². The Balaban J connectivity index is 1.77. The number of nitrogens with one attached hydrogen (secondary N) is 1. The Labute approximate surface area is 147 Å². The number of aromatic nitrogens is 3. The van der Waals surface area contributed by atoms with Gasteiger partial charge in [-0.25, -0.2) is 9.07 Å². The van der Waals surface area contributed by atoms with Crippen molar-refractivity contribution in [3.05, 3.63) is 76.3 Å². The van der Waals surface area contributed by atoms with Gasteiger partial charge in [-0.05, 0) is 24.3 Å². The number of nitrogens with zero attached hydrogens (tertiary/aromatic N) is 3. The Kier molecular flexibility index (Phi) is 3.08. The van der Waals surface area contributed by atoms with E-state index < -0.39 is 6.04 Å². The molecule has 3 heterocycles. The second-order valence-corrected chi connectivity index (χ2v) is 6.34. The fourth-order valence-electron chi connectivity index (χ4n) is 3.39. The molecule has 1 N–H and O–H groups in total. The lowest BCUT2D eigenvalue weighted by molar-refractivity contribution is 0.326. The molecule has 7 heteroatoms.